The van der Waals surface area contributed by atoms with Gasteiger partial charge in [-0.1, -0.05) is 36.4 Å². The van der Waals surface area contributed by atoms with E-state index >= 15 is 0 Å². The third kappa shape index (κ3) is 2.28. The van der Waals surface area contributed by atoms with Gasteiger partial charge in [-0.05, 0) is 23.3 Å². The van der Waals surface area contributed by atoms with Crippen molar-refractivity contribution in [1.82, 2.24) is 9.55 Å². The fourth-order valence-corrected chi connectivity index (χ4v) is 2.42. The Morgan fingerprint density at radius 3 is 2.65 bits per heavy atom. The van der Waals surface area contributed by atoms with E-state index in [9.17, 15) is 0 Å². The number of aryl methyl sites for hydroxylation is 1. The lowest BCUT2D eigenvalue weighted by atomic mass is 10.1. The summed E-state index contributed by atoms with van der Waals surface area (Å²) in [5.74, 6) is 1.04. The summed E-state index contributed by atoms with van der Waals surface area (Å²) in [5.41, 5.74) is 4.36. The van der Waals surface area contributed by atoms with Crippen LogP contribution in [0.15, 0.2) is 48.5 Å². The average molecular weight is 261 g/mol. The number of rotatable bonds is 3. The lowest BCUT2D eigenvalue weighted by Crippen LogP contribution is -1.99. The van der Waals surface area contributed by atoms with Crippen LogP contribution in [0.2, 0.25) is 0 Å². The zero-order valence-electron chi connectivity index (χ0n) is 11.4. The van der Waals surface area contributed by atoms with Crippen molar-refractivity contribution >= 4 is 11.0 Å². The number of fused-ring (bicyclic) bond motifs is 1. The molecule has 0 atom stereocenters. The second-order valence-electron chi connectivity index (χ2n) is 4.91. The monoisotopic (exact) mass is 261 g/mol. The molecule has 2 aromatic carbocycles. The third-order valence-electron chi connectivity index (χ3n) is 3.53. The number of hydrogen-bond donors (Lipinski definition) is 0. The van der Waals surface area contributed by atoms with E-state index in [2.05, 4.69) is 33.8 Å². The van der Waals surface area contributed by atoms with Crippen LogP contribution >= 0.6 is 0 Å². The van der Waals surface area contributed by atoms with Crippen molar-refractivity contribution in [3.63, 3.8) is 0 Å². The summed E-state index contributed by atoms with van der Waals surface area (Å²) in [6.07, 6.45) is 1.26. The highest BCUT2D eigenvalue weighted by atomic mass is 15.1. The highest BCUT2D eigenvalue weighted by molar-refractivity contribution is 5.77. The Morgan fingerprint density at radius 2 is 1.90 bits per heavy atom. The van der Waals surface area contributed by atoms with Gasteiger partial charge in [-0.15, -0.1) is 0 Å². The fourth-order valence-electron chi connectivity index (χ4n) is 2.42. The molecule has 98 valence electrons. The Labute approximate surface area is 118 Å². The minimum absolute atomic E-state index is 0.440. The van der Waals surface area contributed by atoms with E-state index in [0.29, 0.717) is 6.42 Å². The van der Waals surface area contributed by atoms with E-state index in [1.54, 1.807) is 0 Å². The van der Waals surface area contributed by atoms with E-state index in [0.717, 1.165) is 28.8 Å². The summed E-state index contributed by atoms with van der Waals surface area (Å²) in [6.45, 7) is 0. The zero-order chi connectivity index (χ0) is 13.9. The molecular formula is C17H15N3. The number of nitriles is 1. The molecule has 0 spiro atoms. The first-order valence-corrected chi connectivity index (χ1v) is 6.63. The number of nitrogens with zero attached hydrogens (tertiary/aromatic N) is 3. The number of aromatic nitrogens is 2. The molecule has 0 amide bonds. The van der Waals surface area contributed by atoms with Crippen LogP contribution in [0.4, 0.5) is 0 Å². The van der Waals surface area contributed by atoms with Crippen molar-refractivity contribution in [2.75, 3.05) is 0 Å². The first-order valence-electron chi connectivity index (χ1n) is 6.63. The smallest absolute Gasteiger partial charge is 0.114 e. The normalized spacial score (nSPS) is 10.6. The first kappa shape index (κ1) is 12.4. The standard InChI is InChI=1S/C17H15N3/c1-20-16-11-14(9-10-18)7-8-15(16)19-17(20)12-13-5-3-2-4-6-13/h2-8,11H,9,12H2,1H3. The molecule has 0 bridgehead atoms. The molecule has 1 aromatic heterocycles. The lowest BCUT2D eigenvalue weighted by Gasteiger charge is -2.03. The third-order valence-corrected chi connectivity index (χ3v) is 3.53. The summed E-state index contributed by atoms with van der Waals surface area (Å²) in [6, 6.07) is 18.5. The van der Waals surface area contributed by atoms with Gasteiger partial charge in [0.1, 0.15) is 5.82 Å². The summed E-state index contributed by atoms with van der Waals surface area (Å²) < 4.78 is 2.11. The van der Waals surface area contributed by atoms with Crippen LogP contribution in [0, 0.1) is 11.3 Å². The van der Waals surface area contributed by atoms with Gasteiger partial charge in [0.15, 0.2) is 0 Å². The maximum absolute atomic E-state index is 8.79. The quantitative estimate of drug-likeness (QED) is 0.726. The molecule has 0 radical (unpaired) electrons. The molecule has 1 heterocycles. The van der Waals surface area contributed by atoms with Crippen molar-refractivity contribution in [3.8, 4) is 6.07 Å². The highest BCUT2D eigenvalue weighted by Gasteiger charge is 2.08. The zero-order valence-corrected chi connectivity index (χ0v) is 11.4. The van der Waals surface area contributed by atoms with E-state index in [-0.39, 0.29) is 0 Å². The molecule has 0 aliphatic heterocycles. The molecular weight excluding hydrogens is 246 g/mol. The Morgan fingerprint density at radius 1 is 1.10 bits per heavy atom. The number of benzene rings is 2. The maximum Gasteiger partial charge on any atom is 0.114 e. The Kier molecular flexibility index (Phi) is 3.22. The van der Waals surface area contributed by atoms with Gasteiger partial charge in [-0.25, -0.2) is 4.98 Å². The fraction of sp³-hybridized carbons (Fsp3) is 0.176. The molecule has 0 fully saturated rings. The predicted octanol–water partition coefficient (Wildman–Crippen LogP) is 3.23. The Balaban J connectivity index is 2.01. The molecule has 20 heavy (non-hydrogen) atoms. The van der Waals surface area contributed by atoms with Gasteiger partial charge in [0.25, 0.3) is 0 Å². The van der Waals surface area contributed by atoms with Gasteiger partial charge in [-0.2, -0.15) is 5.26 Å². The van der Waals surface area contributed by atoms with E-state index in [4.69, 9.17) is 5.26 Å². The van der Waals surface area contributed by atoms with Crippen LogP contribution < -0.4 is 0 Å². The molecule has 0 unspecified atom stereocenters. The molecule has 0 saturated heterocycles. The topological polar surface area (TPSA) is 41.6 Å². The molecule has 3 rings (SSSR count). The summed E-state index contributed by atoms with van der Waals surface area (Å²) >= 11 is 0. The van der Waals surface area contributed by atoms with Crippen LogP contribution in [0.25, 0.3) is 11.0 Å². The molecule has 0 N–H and O–H groups in total. The second kappa shape index (κ2) is 5.18. The van der Waals surface area contributed by atoms with Gasteiger partial charge < -0.3 is 4.57 Å². The van der Waals surface area contributed by atoms with Gasteiger partial charge in [0, 0.05) is 13.5 Å². The molecule has 0 aliphatic carbocycles. The largest absolute Gasteiger partial charge is 0.331 e. The Bertz CT molecular complexity index is 779. The minimum atomic E-state index is 0.440. The summed E-state index contributed by atoms with van der Waals surface area (Å²) in [7, 11) is 2.03. The number of hydrogen-bond acceptors (Lipinski definition) is 2. The van der Waals surface area contributed by atoms with E-state index < -0.39 is 0 Å². The number of imidazole rings is 1. The van der Waals surface area contributed by atoms with Crippen LogP contribution in [0.1, 0.15) is 17.0 Å². The lowest BCUT2D eigenvalue weighted by molar-refractivity contribution is 0.844. The summed E-state index contributed by atoms with van der Waals surface area (Å²) in [5, 5.41) is 8.79. The first-order chi connectivity index (χ1) is 9.78. The second-order valence-corrected chi connectivity index (χ2v) is 4.91. The van der Waals surface area contributed by atoms with Gasteiger partial charge in [0.05, 0.1) is 23.5 Å². The van der Waals surface area contributed by atoms with Crippen LogP contribution in [-0.2, 0) is 19.9 Å². The van der Waals surface area contributed by atoms with Crippen molar-refractivity contribution in [2.24, 2.45) is 7.05 Å². The molecule has 0 saturated carbocycles. The molecule has 3 aromatic rings. The Hall–Kier alpha value is -2.60. The van der Waals surface area contributed by atoms with E-state index in [1.807, 2.05) is 37.4 Å². The van der Waals surface area contributed by atoms with Crippen molar-refractivity contribution in [3.05, 3.63) is 65.5 Å². The predicted molar refractivity (Wildman–Crippen MR) is 79.3 cm³/mol. The minimum Gasteiger partial charge on any atom is -0.331 e. The maximum atomic E-state index is 8.79. The van der Waals surface area contributed by atoms with Gasteiger partial charge >= 0.3 is 0 Å². The molecule has 3 heteroatoms. The molecule has 0 aliphatic rings. The van der Waals surface area contributed by atoms with Crippen LogP contribution in [0.3, 0.4) is 0 Å². The summed E-state index contributed by atoms with van der Waals surface area (Å²) in [4.78, 5) is 4.69. The van der Waals surface area contributed by atoms with Gasteiger partial charge in [0.2, 0.25) is 0 Å². The molecule has 3 nitrogen and oxygen atoms in total. The van der Waals surface area contributed by atoms with Gasteiger partial charge in [-0.3, -0.25) is 0 Å². The van der Waals surface area contributed by atoms with Crippen LogP contribution in [0.5, 0.6) is 0 Å². The van der Waals surface area contributed by atoms with Crippen molar-refractivity contribution < 1.29 is 0 Å². The van der Waals surface area contributed by atoms with E-state index in [1.165, 1.54) is 5.56 Å². The van der Waals surface area contributed by atoms with Crippen LogP contribution in [-0.4, -0.2) is 9.55 Å². The van der Waals surface area contributed by atoms with Crippen molar-refractivity contribution in [1.29, 1.82) is 5.26 Å². The SMILES string of the molecule is Cn1c(Cc2ccccc2)nc2ccc(CC#N)cc21. The van der Waals surface area contributed by atoms with Crippen molar-refractivity contribution in [2.45, 2.75) is 12.8 Å². The highest BCUT2D eigenvalue weighted by Crippen LogP contribution is 2.19. The average Bonchev–Trinajstić information content (AvgIpc) is 2.77.